The third-order valence-corrected chi connectivity index (χ3v) is 4.79. The minimum atomic E-state index is -3.70. The first-order chi connectivity index (χ1) is 7.59. The van der Waals surface area contributed by atoms with Crippen molar-refractivity contribution in [2.24, 2.45) is 5.41 Å². The molecule has 0 aromatic heterocycles. The van der Waals surface area contributed by atoms with E-state index in [-0.39, 0.29) is 15.5 Å². The SMILES string of the molecule is CC(C)(C)[C@]1(O)NS(=O)(=O)c2cccc(Cl)c21. The van der Waals surface area contributed by atoms with E-state index in [1.807, 2.05) is 0 Å². The molecule has 0 unspecified atom stereocenters. The van der Waals surface area contributed by atoms with E-state index in [9.17, 15) is 13.5 Å². The number of aliphatic hydroxyl groups is 1. The third kappa shape index (κ3) is 1.69. The average Bonchev–Trinajstić information content (AvgIpc) is 2.35. The van der Waals surface area contributed by atoms with Gasteiger partial charge in [0.1, 0.15) is 0 Å². The Morgan fingerprint density at radius 2 is 1.94 bits per heavy atom. The van der Waals surface area contributed by atoms with E-state index in [1.54, 1.807) is 32.9 Å². The zero-order valence-corrected chi connectivity index (χ0v) is 11.4. The minimum absolute atomic E-state index is 0.0439. The first-order valence-electron chi connectivity index (χ1n) is 5.15. The maximum absolute atomic E-state index is 11.9. The predicted molar refractivity (Wildman–Crippen MR) is 65.1 cm³/mol. The number of nitrogens with one attached hydrogen (secondary N) is 1. The number of halogens is 1. The van der Waals surface area contributed by atoms with E-state index in [2.05, 4.69) is 4.72 Å². The van der Waals surface area contributed by atoms with Crippen molar-refractivity contribution in [1.29, 1.82) is 0 Å². The number of hydrogen-bond donors (Lipinski definition) is 2. The molecule has 6 heteroatoms. The average molecular weight is 276 g/mol. The van der Waals surface area contributed by atoms with Gasteiger partial charge in [-0.2, -0.15) is 4.72 Å². The van der Waals surface area contributed by atoms with Gasteiger partial charge >= 0.3 is 0 Å². The molecule has 1 aliphatic rings. The Morgan fingerprint density at radius 3 is 2.47 bits per heavy atom. The molecule has 0 saturated carbocycles. The van der Waals surface area contributed by atoms with E-state index in [0.717, 1.165) is 0 Å². The van der Waals surface area contributed by atoms with Crippen molar-refractivity contribution >= 4 is 21.6 Å². The van der Waals surface area contributed by atoms with E-state index in [0.29, 0.717) is 0 Å². The molecule has 1 heterocycles. The van der Waals surface area contributed by atoms with Crippen molar-refractivity contribution in [2.45, 2.75) is 31.4 Å². The summed E-state index contributed by atoms with van der Waals surface area (Å²) in [4.78, 5) is 0.0439. The number of sulfonamides is 1. The lowest BCUT2D eigenvalue weighted by Gasteiger charge is -2.36. The fraction of sp³-hybridized carbons (Fsp3) is 0.455. The molecule has 0 spiro atoms. The van der Waals surface area contributed by atoms with Gasteiger partial charge in [-0.05, 0) is 12.1 Å². The van der Waals surface area contributed by atoms with Gasteiger partial charge in [0.2, 0.25) is 10.0 Å². The first-order valence-corrected chi connectivity index (χ1v) is 7.01. The van der Waals surface area contributed by atoms with Gasteiger partial charge in [-0.3, -0.25) is 0 Å². The lowest BCUT2D eigenvalue weighted by Crippen LogP contribution is -2.49. The number of benzene rings is 1. The Bertz CT molecular complexity index is 577. The largest absolute Gasteiger partial charge is 0.370 e. The molecule has 0 saturated heterocycles. The second kappa shape index (κ2) is 3.45. The first kappa shape index (κ1) is 12.8. The zero-order valence-electron chi connectivity index (χ0n) is 9.78. The lowest BCUT2D eigenvalue weighted by atomic mass is 9.79. The van der Waals surface area contributed by atoms with Crippen molar-refractivity contribution in [2.75, 3.05) is 0 Å². The number of rotatable bonds is 0. The topological polar surface area (TPSA) is 66.4 Å². The second-order valence-electron chi connectivity index (χ2n) is 5.18. The molecular formula is C11H14ClNO3S. The van der Waals surface area contributed by atoms with Crippen molar-refractivity contribution in [3.8, 4) is 0 Å². The molecule has 1 aliphatic heterocycles. The Kier molecular flexibility index (Phi) is 2.60. The van der Waals surface area contributed by atoms with Crippen molar-refractivity contribution in [1.82, 2.24) is 4.72 Å². The number of fused-ring (bicyclic) bond motifs is 1. The predicted octanol–water partition coefficient (Wildman–Crippen LogP) is 1.82. The number of hydrogen-bond acceptors (Lipinski definition) is 3. The summed E-state index contributed by atoms with van der Waals surface area (Å²) in [6.07, 6.45) is 0. The summed E-state index contributed by atoms with van der Waals surface area (Å²) in [5.74, 6) is 0. The van der Waals surface area contributed by atoms with Crippen LogP contribution in [-0.2, 0) is 15.7 Å². The van der Waals surface area contributed by atoms with Gasteiger partial charge in [0, 0.05) is 16.0 Å². The Hall–Kier alpha value is -0.620. The molecule has 0 amide bonds. The quantitative estimate of drug-likeness (QED) is 0.759. The maximum Gasteiger partial charge on any atom is 0.243 e. The van der Waals surface area contributed by atoms with Crippen LogP contribution in [0.15, 0.2) is 23.1 Å². The van der Waals surface area contributed by atoms with Crippen LogP contribution in [-0.4, -0.2) is 13.5 Å². The molecule has 0 bridgehead atoms. The van der Waals surface area contributed by atoms with E-state index < -0.39 is 21.2 Å². The van der Waals surface area contributed by atoms with Gasteiger partial charge < -0.3 is 5.11 Å². The van der Waals surface area contributed by atoms with Crippen molar-refractivity contribution < 1.29 is 13.5 Å². The van der Waals surface area contributed by atoms with Crippen LogP contribution >= 0.6 is 11.6 Å². The van der Waals surface area contributed by atoms with Gasteiger partial charge in [-0.1, -0.05) is 38.4 Å². The highest BCUT2D eigenvalue weighted by Gasteiger charge is 2.53. The zero-order chi connectivity index (χ0) is 13.1. The summed E-state index contributed by atoms with van der Waals surface area (Å²) in [5.41, 5.74) is -2.16. The third-order valence-electron chi connectivity index (χ3n) is 2.99. The highest BCUT2D eigenvalue weighted by Crippen LogP contribution is 2.47. The summed E-state index contributed by atoms with van der Waals surface area (Å²) >= 11 is 6.02. The molecule has 4 nitrogen and oxygen atoms in total. The monoisotopic (exact) mass is 275 g/mol. The van der Waals surface area contributed by atoms with Crippen LogP contribution in [0.4, 0.5) is 0 Å². The highest BCUT2D eigenvalue weighted by molar-refractivity contribution is 7.89. The molecule has 0 radical (unpaired) electrons. The summed E-state index contributed by atoms with van der Waals surface area (Å²) < 4.78 is 26.2. The molecule has 2 N–H and O–H groups in total. The summed E-state index contributed by atoms with van der Waals surface area (Å²) in [6, 6.07) is 4.56. The van der Waals surface area contributed by atoms with Crippen LogP contribution in [0.1, 0.15) is 26.3 Å². The summed E-state index contributed by atoms with van der Waals surface area (Å²) in [6.45, 7) is 5.23. The molecular weight excluding hydrogens is 262 g/mol. The Morgan fingerprint density at radius 1 is 1.35 bits per heavy atom. The smallest absolute Gasteiger partial charge is 0.243 e. The van der Waals surface area contributed by atoms with Gasteiger partial charge in [0.05, 0.1) is 4.90 Å². The lowest BCUT2D eigenvalue weighted by molar-refractivity contribution is -0.0718. The van der Waals surface area contributed by atoms with Crippen LogP contribution < -0.4 is 4.72 Å². The molecule has 94 valence electrons. The molecule has 17 heavy (non-hydrogen) atoms. The summed E-state index contributed by atoms with van der Waals surface area (Å²) in [5, 5.41) is 10.9. The van der Waals surface area contributed by atoms with Gasteiger partial charge in [0.15, 0.2) is 5.72 Å². The molecule has 1 atom stereocenters. The molecule has 2 rings (SSSR count). The van der Waals surface area contributed by atoms with Crippen molar-refractivity contribution in [3.63, 3.8) is 0 Å². The van der Waals surface area contributed by atoms with Crippen LogP contribution in [0.2, 0.25) is 5.02 Å². The van der Waals surface area contributed by atoms with Crippen LogP contribution in [0.25, 0.3) is 0 Å². The van der Waals surface area contributed by atoms with Crippen LogP contribution in [0.3, 0.4) is 0 Å². The molecule has 0 aliphatic carbocycles. The second-order valence-corrected chi connectivity index (χ2v) is 7.24. The van der Waals surface area contributed by atoms with Crippen LogP contribution in [0, 0.1) is 5.41 Å². The fourth-order valence-corrected chi connectivity index (χ4v) is 3.97. The normalized spacial score (nSPS) is 26.9. The van der Waals surface area contributed by atoms with Gasteiger partial charge in [-0.15, -0.1) is 0 Å². The standard InChI is InChI=1S/C11H14ClNO3S/c1-10(2,3)11(14)9-7(12)5-4-6-8(9)17(15,16)13-11/h4-6,13-14H,1-3H3/t11-/m0/s1. The molecule has 1 aromatic carbocycles. The molecule has 0 fully saturated rings. The maximum atomic E-state index is 11.9. The van der Waals surface area contributed by atoms with Gasteiger partial charge in [-0.25, -0.2) is 8.42 Å². The van der Waals surface area contributed by atoms with E-state index in [4.69, 9.17) is 11.6 Å². The minimum Gasteiger partial charge on any atom is -0.370 e. The fourth-order valence-electron chi connectivity index (χ4n) is 1.91. The summed E-state index contributed by atoms with van der Waals surface area (Å²) in [7, 11) is -3.70. The van der Waals surface area contributed by atoms with E-state index in [1.165, 1.54) is 6.07 Å². The highest BCUT2D eigenvalue weighted by atomic mass is 35.5. The molecule has 1 aromatic rings. The van der Waals surface area contributed by atoms with Crippen molar-refractivity contribution in [3.05, 3.63) is 28.8 Å². The van der Waals surface area contributed by atoms with Crippen LogP contribution in [0.5, 0.6) is 0 Å². The van der Waals surface area contributed by atoms with Gasteiger partial charge in [0.25, 0.3) is 0 Å². The Balaban J connectivity index is 2.84. The van der Waals surface area contributed by atoms with E-state index >= 15 is 0 Å². The Labute approximate surface area is 106 Å².